The summed E-state index contributed by atoms with van der Waals surface area (Å²) in [5.74, 6) is 1.23. The third-order valence-corrected chi connectivity index (χ3v) is 3.40. The number of aromatic nitrogens is 2. The van der Waals surface area contributed by atoms with Crippen LogP contribution in [0.15, 0.2) is 55.0 Å². The van der Waals surface area contributed by atoms with E-state index in [1.165, 1.54) is 37.9 Å². The van der Waals surface area contributed by atoms with Crippen LogP contribution in [0.25, 0.3) is 5.82 Å². The molecular weight excluding hydrogens is 392 g/mol. The molecule has 2 heterocycles. The zero-order valence-corrected chi connectivity index (χ0v) is 15.8. The molecule has 0 spiro atoms. The molecule has 2 nitrogen and oxygen atoms in total. The van der Waals surface area contributed by atoms with E-state index in [1.807, 2.05) is 0 Å². The highest BCUT2D eigenvalue weighted by molar-refractivity contribution is 5.03. The first-order valence-corrected chi connectivity index (χ1v) is 7.37. The molecule has 116 valence electrons. The van der Waals surface area contributed by atoms with Crippen LogP contribution in [0.3, 0.4) is 0 Å². The van der Waals surface area contributed by atoms with Crippen molar-refractivity contribution in [1.29, 1.82) is 0 Å². The molecule has 2 aromatic rings. The summed E-state index contributed by atoms with van der Waals surface area (Å²) in [5.41, 5.74) is 0. The highest BCUT2D eigenvalue weighted by atomic mass is 79.9. The maximum Gasteiger partial charge on any atom is 0.449 e. The molecule has 0 fully saturated rings. The minimum atomic E-state index is 0. The van der Waals surface area contributed by atoms with Gasteiger partial charge in [0.05, 0.1) is 6.07 Å². The SMILES string of the molecule is CCCCCCC[n+]1ccccc1-[n+]1ccccc1.[Br-].[Br-]. The molecule has 2 rings (SSSR count). The van der Waals surface area contributed by atoms with Gasteiger partial charge in [0.15, 0.2) is 25.1 Å². The Labute approximate surface area is 149 Å². The van der Waals surface area contributed by atoms with Gasteiger partial charge < -0.3 is 34.0 Å². The number of hydrogen-bond acceptors (Lipinski definition) is 0. The minimum Gasteiger partial charge on any atom is -1.00 e. The second-order valence-corrected chi connectivity index (χ2v) is 4.95. The Bertz CT molecular complexity index is 489. The average Bonchev–Trinajstić information content (AvgIpc) is 2.48. The fourth-order valence-corrected chi connectivity index (χ4v) is 2.33. The van der Waals surface area contributed by atoms with Crippen molar-refractivity contribution in [2.45, 2.75) is 45.6 Å². The summed E-state index contributed by atoms with van der Waals surface area (Å²) in [5, 5.41) is 0. The Hall–Kier alpha value is -0.740. The van der Waals surface area contributed by atoms with E-state index in [0.717, 1.165) is 6.54 Å². The number of pyridine rings is 2. The third kappa shape index (κ3) is 6.70. The lowest BCUT2D eigenvalue weighted by molar-refractivity contribution is -0.792. The molecular formula is C17H24Br2N2. The highest BCUT2D eigenvalue weighted by Gasteiger charge is 2.17. The fourth-order valence-electron chi connectivity index (χ4n) is 2.33. The van der Waals surface area contributed by atoms with Gasteiger partial charge in [-0.1, -0.05) is 32.3 Å². The van der Waals surface area contributed by atoms with Crippen LogP contribution in [0.2, 0.25) is 0 Å². The van der Waals surface area contributed by atoms with Crippen molar-refractivity contribution in [1.82, 2.24) is 0 Å². The summed E-state index contributed by atoms with van der Waals surface area (Å²) in [4.78, 5) is 0. The molecule has 0 bridgehead atoms. The second kappa shape index (κ2) is 11.9. The number of nitrogens with zero attached hydrogens (tertiary/aromatic N) is 2. The summed E-state index contributed by atoms with van der Waals surface area (Å²) in [6.45, 7) is 3.36. The van der Waals surface area contributed by atoms with Crippen LogP contribution >= 0.6 is 0 Å². The lowest BCUT2D eigenvalue weighted by Crippen LogP contribution is -3.00. The van der Waals surface area contributed by atoms with Gasteiger partial charge in [0.2, 0.25) is 0 Å². The van der Waals surface area contributed by atoms with Gasteiger partial charge in [-0.2, -0.15) is 0 Å². The van der Waals surface area contributed by atoms with Gasteiger partial charge in [0.1, 0.15) is 0 Å². The molecule has 0 saturated heterocycles. The topological polar surface area (TPSA) is 7.76 Å². The Kier molecular flexibility index (Phi) is 11.5. The Morgan fingerprint density at radius 2 is 1.43 bits per heavy atom. The molecule has 0 aliphatic carbocycles. The summed E-state index contributed by atoms with van der Waals surface area (Å²) >= 11 is 0. The lowest BCUT2D eigenvalue weighted by Gasteiger charge is -2.00. The molecule has 2 aromatic heterocycles. The van der Waals surface area contributed by atoms with Crippen LogP contribution in [0.4, 0.5) is 0 Å². The predicted molar refractivity (Wildman–Crippen MR) is 76.9 cm³/mol. The highest BCUT2D eigenvalue weighted by Crippen LogP contribution is 2.02. The molecule has 0 aliphatic rings. The van der Waals surface area contributed by atoms with Crippen LogP contribution in [0.5, 0.6) is 0 Å². The largest absolute Gasteiger partial charge is 1.00 e. The predicted octanol–water partition coefficient (Wildman–Crippen LogP) is -2.77. The van der Waals surface area contributed by atoms with Crippen molar-refractivity contribution < 1.29 is 43.1 Å². The van der Waals surface area contributed by atoms with E-state index in [9.17, 15) is 0 Å². The average molecular weight is 416 g/mol. The number of rotatable bonds is 7. The molecule has 0 atom stereocenters. The molecule has 0 saturated carbocycles. The standard InChI is InChI=1S/C17H24N2.2BrH/c1-2-3-4-5-8-13-19-16-11-7-12-17(19)18-14-9-6-10-15-18;;/h6-7,9-12,14-16H,2-5,8,13H2,1H3;2*1H/q+2;;/p-2. The van der Waals surface area contributed by atoms with Gasteiger partial charge in [-0.05, 0) is 12.5 Å². The lowest BCUT2D eigenvalue weighted by atomic mass is 10.1. The maximum atomic E-state index is 2.34. The summed E-state index contributed by atoms with van der Waals surface area (Å²) < 4.78 is 4.51. The number of aryl methyl sites for hydroxylation is 1. The molecule has 4 heteroatoms. The first-order valence-electron chi connectivity index (χ1n) is 7.37. The Balaban J connectivity index is 0.00000200. The zero-order valence-electron chi connectivity index (χ0n) is 12.6. The van der Waals surface area contributed by atoms with Crippen molar-refractivity contribution in [3.8, 4) is 5.82 Å². The number of hydrogen-bond donors (Lipinski definition) is 0. The number of halogens is 2. The monoisotopic (exact) mass is 414 g/mol. The van der Waals surface area contributed by atoms with Crippen molar-refractivity contribution in [2.24, 2.45) is 0 Å². The summed E-state index contributed by atoms with van der Waals surface area (Å²) in [7, 11) is 0. The molecule has 0 amide bonds. The van der Waals surface area contributed by atoms with Crippen molar-refractivity contribution in [3.63, 3.8) is 0 Å². The van der Waals surface area contributed by atoms with Crippen molar-refractivity contribution in [2.75, 3.05) is 0 Å². The van der Waals surface area contributed by atoms with Gasteiger partial charge >= 0.3 is 5.82 Å². The van der Waals surface area contributed by atoms with Gasteiger partial charge in [0.25, 0.3) is 0 Å². The molecule has 0 unspecified atom stereocenters. The second-order valence-electron chi connectivity index (χ2n) is 4.95. The van der Waals surface area contributed by atoms with Gasteiger partial charge in [-0.15, -0.1) is 9.13 Å². The van der Waals surface area contributed by atoms with E-state index in [-0.39, 0.29) is 34.0 Å². The van der Waals surface area contributed by atoms with E-state index < -0.39 is 0 Å². The molecule has 0 aliphatic heterocycles. The summed E-state index contributed by atoms with van der Waals surface area (Å²) in [6, 6.07) is 12.6. The van der Waals surface area contributed by atoms with E-state index >= 15 is 0 Å². The van der Waals surface area contributed by atoms with Crippen LogP contribution in [0, 0.1) is 0 Å². The van der Waals surface area contributed by atoms with E-state index in [4.69, 9.17) is 0 Å². The molecule has 0 aromatic carbocycles. The van der Waals surface area contributed by atoms with Gasteiger partial charge in [-0.3, -0.25) is 0 Å². The first kappa shape index (κ1) is 20.3. The number of unbranched alkanes of at least 4 members (excludes halogenated alkanes) is 4. The van der Waals surface area contributed by atoms with Gasteiger partial charge in [-0.25, -0.2) is 0 Å². The summed E-state index contributed by atoms with van der Waals surface area (Å²) in [6.07, 6.45) is 13.0. The van der Waals surface area contributed by atoms with Gasteiger partial charge in [0, 0.05) is 24.6 Å². The normalized spacial score (nSPS) is 9.57. The van der Waals surface area contributed by atoms with E-state index in [1.54, 1.807) is 0 Å². The maximum absolute atomic E-state index is 2.34. The third-order valence-electron chi connectivity index (χ3n) is 3.40. The van der Waals surface area contributed by atoms with Crippen molar-refractivity contribution in [3.05, 3.63) is 55.0 Å². The van der Waals surface area contributed by atoms with E-state index in [2.05, 4.69) is 71.0 Å². The first-order chi connectivity index (χ1) is 9.42. The van der Waals surface area contributed by atoms with Crippen LogP contribution < -0.4 is 43.1 Å². The van der Waals surface area contributed by atoms with E-state index in [0.29, 0.717) is 0 Å². The quantitative estimate of drug-likeness (QED) is 0.341. The molecule has 0 N–H and O–H groups in total. The van der Waals surface area contributed by atoms with Crippen LogP contribution in [-0.2, 0) is 6.54 Å². The molecule has 21 heavy (non-hydrogen) atoms. The Morgan fingerprint density at radius 1 is 0.762 bits per heavy atom. The molecule has 0 radical (unpaired) electrons. The zero-order chi connectivity index (χ0) is 13.3. The minimum absolute atomic E-state index is 0. The van der Waals surface area contributed by atoms with Crippen LogP contribution in [-0.4, -0.2) is 0 Å². The van der Waals surface area contributed by atoms with Crippen molar-refractivity contribution >= 4 is 0 Å². The van der Waals surface area contributed by atoms with Crippen LogP contribution in [0.1, 0.15) is 39.0 Å². The Morgan fingerprint density at radius 3 is 2.14 bits per heavy atom. The fraction of sp³-hybridized carbons (Fsp3) is 0.412. The smallest absolute Gasteiger partial charge is 0.449 e.